The fourth-order valence-corrected chi connectivity index (χ4v) is 2.13. The van der Waals surface area contributed by atoms with Crippen molar-refractivity contribution in [2.24, 2.45) is 0 Å². The molecule has 0 aromatic carbocycles. The lowest BCUT2D eigenvalue weighted by Gasteiger charge is -2.36. The van der Waals surface area contributed by atoms with Gasteiger partial charge in [-0.05, 0) is 19.8 Å². The van der Waals surface area contributed by atoms with Gasteiger partial charge in [0, 0.05) is 19.7 Å². The van der Waals surface area contributed by atoms with Crippen molar-refractivity contribution in [2.45, 2.75) is 38.6 Å². The van der Waals surface area contributed by atoms with E-state index in [1.807, 2.05) is 18.7 Å². The number of carbonyl (C=O) groups is 1. The van der Waals surface area contributed by atoms with Crippen LogP contribution >= 0.6 is 0 Å². The lowest BCUT2D eigenvalue weighted by Crippen LogP contribution is -2.53. The molecule has 1 aliphatic rings. The second kappa shape index (κ2) is 5.47. The summed E-state index contributed by atoms with van der Waals surface area (Å²) in [6.45, 7) is 6.79. The Hall–Kier alpha value is -0.610. The highest BCUT2D eigenvalue weighted by Crippen LogP contribution is 2.23. The maximum absolute atomic E-state index is 11.3. The normalized spacial score (nSPS) is 23.1. The highest BCUT2D eigenvalue weighted by atomic mass is 16.5. The first kappa shape index (κ1) is 12.5. The Kier molecular flexibility index (Phi) is 4.54. The van der Waals surface area contributed by atoms with Gasteiger partial charge in [0.25, 0.3) is 0 Å². The maximum atomic E-state index is 11.3. The standard InChI is InChI=1S/C11H21NO3/c1-3-5-11(2,10(13)14)12-6-4-8-15-9-7-12/h3-9H2,1-2H3,(H,13,14). The van der Waals surface area contributed by atoms with Crippen molar-refractivity contribution >= 4 is 5.97 Å². The molecule has 1 aliphatic heterocycles. The summed E-state index contributed by atoms with van der Waals surface area (Å²) >= 11 is 0. The molecule has 0 radical (unpaired) electrons. The van der Waals surface area contributed by atoms with E-state index in [1.165, 1.54) is 0 Å². The molecule has 0 saturated carbocycles. The first-order chi connectivity index (χ1) is 7.11. The molecule has 0 amide bonds. The van der Waals surface area contributed by atoms with E-state index in [-0.39, 0.29) is 0 Å². The van der Waals surface area contributed by atoms with Crippen LogP contribution in [0, 0.1) is 0 Å². The summed E-state index contributed by atoms with van der Waals surface area (Å²) in [5.41, 5.74) is -0.720. The van der Waals surface area contributed by atoms with Crippen LogP contribution in [0.3, 0.4) is 0 Å². The zero-order valence-electron chi connectivity index (χ0n) is 9.66. The molecule has 0 spiro atoms. The number of ether oxygens (including phenoxy) is 1. The van der Waals surface area contributed by atoms with Gasteiger partial charge >= 0.3 is 5.97 Å². The van der Waals surface area contributed by atoms with Crippen molar-refractivity contribution in [3.05, 3.63) is 0 Å². The molecule has 1 rings (SSSR count). The van der Waals surface area contributed by atoms with Crippen LogP contribution in [0.1, 0.15) is 33.1 Å². The van der Waals surface area contributed by atoms with Crippen LogP contribution in [-0.4, -0.2) is 47.8 Å². The molecule has 0 aromatic heterocycles. The lowest BCUT2D eigenvalue weighted by atomic mass is 9.93. The van der Waals surface area contributed by atoms with Crippen molar-refractivity contribution in [1.29, 1.82) is 0 Å². The second-order valence-electron chi connectivity index (χ2n) is 4.28. The molecule has 1 fully saturated rings. The zero-order chi connectivity index (χ0) is 11.3. The summed E-state index contributed by atoms with van der Waals surface area (Å²) in [4.78, 5) is 13.4. The SMILES string of the molecule is CCCC(C)(C(=O)O)N1CCCOCC1. The van der Waals surface area contributed by atoms with Gasteiger partial charge in [-0.1, -0.05) is 13.3 Å². The van der Waals surface area contributed by atoms with E-state index >= 15 is 0 Å². The van der Waals surface area contributed by atoms with Crippen LogP contribution < -0.4 is 0 Å². The van der Waals surface area contributed by atoms with Crippen molar-refractivity contribution in [3.63, 3.8) is 0 Å². The van der Waals surface area contributed by atoms with Gasteiger partial charge in [-0.2, -0.15) is 0 Å². The molecule has 4 nitrogen and oxygen atoms in total. The monoisotopic (exact) mass is 215 g/mol. The fourth-order valence-electron chi connectivity index (χ4n) is 2.13. The quantitative estimate of drug-likeness (QED) is 0.769. The number of aliphatic carboxylic acids is 1. The third-order valence-corrected chi connectivity index (χ3v) is 3.12. The first-order valence-corrected chi connectivity index (χ1v) is 5.67. The van der Waals surface area contributed by atoms with Gasteiger partial charge in [0.1, 0.15) is 5.54 Å². The number of hydrogen-bond acceptors (Lipinski definition) is 3. The molecule has 15 heavy (non-hydrogen) atoms. The summed E-state index contributed by atoms with van der Waals surface area (Å²) < 4.78 is 5.34. The number of hydrogen-bond donors (Lipinski definition) is 1. The van der Waals surface area contributed by atoms with Crippen LogP contribution in [0.5, 0.6) is 0 Å². The fraction of sp³-hybridized carbons (Fsp3) is 0.909. The van der Waals surface area contributed by atoms with Gasteiger partial charge in [-0.15, -0.1) is 0 Å². The molecule has 1 atom stereocenters. The van der Waals surface area contributed by atoms with Gasteiger partial charge in [-0.25, -0.2) is 0 Å². The predicted octanol–water partition coefficient (Wildman–Crippen LogP) is 1.35. The molecule has 1 N–H and O–H groups in total. The highest BCUT2D eigenvalue weighted by Gasteiger charge is 2.38. The average Bonchev–Trinajstić information content (AvgIpc) is 2.45. The highest BCUT2D eigenvalue weighted by molar-refractivity contribution is 5.78. The molecule has 1 unspecified atom stereocenters. The molecule has 4 heteroatoms. The molecule has 0 aliphatic carbocycles. The Morgan fingerprint density at radius 1 is 1.47 bits per heavy atom. The lowest BCUT2D eigenvalue weighted by molar-refractivity contribution is -0.151. The summed E-state index contributed by atoms with van der Waals surface area (Å²) in [5, 5.41) is 9.33. The summed E-state index contributed by atoms with van der Waals surface area (Å²) in [5.74, 6) is -0.716. The smallest absolute Gasteiger partial charge is 0.323 e. The van der Waals surface area contributed by atoms with Gasteiger partial charge in [0.15, 0.2) is 0 Å². The van der Waals surface area contributed by atoms with E-state index in [4.69, 9.17) is 4.74 Å². The summed E-state index contributed by atoms with van der Waals surface area (Å²) in [7, 11) is 0. The number of carboxylic acid groups (broad SMARTS) is 1. The van der Waals surface area contributed by atoms with Gasteiger partial charge in [0.05, 0.1) is 6.61 Å². The van der Waals surface area contributed by atoms with E-state index in [0.29, 0.717) is 13.0 Å². The van der Waals surface area contributed by atoms with E-state index in [0.717, 1.165) is 32.5 Å². The van der Waals surface area contributed by atoms with Crippen LogP contribution in [0.4, 0.5) is 0 Å². The molecule has 1 saturated heterocycles. The Labute approximate surface area is 91.2 Å². The van der Waals surface area contributed by atoms with Gasteiger partial charge in [0.2, 0.25) is 0 Å². The molecular formula is C11H21NO3. The third-order valence-electron chi connectivity index (χ3n) is 3.12. The van der Waals surface area contributed by atoms with Crippen LogP contribution in [0.15, 0.2) is 0 Å². The topological polar surface area (TPSA) is 49.8 Å². The Morgan fingerprint density at radius 3 is 2.80 bits per heavy atom. The molecule has 88 valence electrons. The van der Waals surface area contributed by atoms with Crippen molar-refractivity contribution in [2.75, 3.05) is 26.3 Å². The van der Waals surface area contributed by atoms with Crippen LogP contribution in [0.2, 0.25) is 0 Å². The van der Waals surface area contributed by atoms with Crippen molar-refractivity contribution in [1.82, 2.24) is 4.90 Å². The molecule has 0 bridgehead atoms. The maximum Gasteiger partial charge on any atom is 0.323 e. The molecule has 1 heterocycles. The number of rotatable bonds is 4. The van der Waals surface area contributed by atoms with E-state index in [9.17, 15) is 9.90 Å². The van der Waals surface area contributed by atoms with E-state index in [1.54, 1.807) is 0 Å². The largest absolute Gasteiger partial charge is 0.480 e. The van der Waals surface area contributed by atoms with E-state index < -0.39 is 11.5 Å². The van der Waals surface area contributed by atoms with E-state index in [2.05, 4.69) is 0 Å². The third kappa shape index (κ3) is 2.92. The summed E-state index contributed by atoms with van der Waals surface area (Å²) in [6.07, 6.45) is 2.51. The second-order valence-corrected chi connectivity index (χ2v) is 4.28. The minimum Gasteiger partial charge on any atom is -0.480 e. The minimum absolute atomic E-state index is 0.645. The van der Waals surface area contributed by atoms with Gasteiger partial charge < -0.3 is 9.84 Å². The zero-order valence-corrected chi connectivity index (χ0v) is 9.66. The minimum atomic E-state index is -0.720. The Bertz CT molecular complexity index is 212. The predicted molar refractivity (Wildman–Crippen MR) is 58.0 cm³/mol. The summed E-state index contributed by atoms with van der Waals surface area (Å²) in [6, 6.07) is 0. The van der Waals surface area contributed by atoms with Crippen molar-refractivity contribution in [3.8, 4) is 0 Å². The van der Waals surface area contributed by atoms with Crippen molar-refractivity contribution < 1.29 is 14.6 Å². The Morgan fingerprint density at radius 2 is 2.20 bits per heavy atom. The average molecular weight is 215 g/mol. The van der Waals surface area contributed by atoms with Crippen LogP contribution in [-0.2, 0) is 9.53 Å². The molecule has 0 aromatic rings. The van der Waals surface area contributed by atoms with Crippen LogP contribution in [0.25, 0.3) is 0 Å². The number of carboxylic acids is 1. The molecular weight excluding hydrogens is 194 g/mol. The first-order valence-electron chi connectivity index (χ1n) is 5.67. The Balaban J connectivity index is 2.72. The number of nitrogens with zero attached hydrogens (tertiary/aromatic N) is 1. The van der Waals surface area contributed by atoms with Gasteiger partial charge in [-0.3, -0.25) is 9.69 Å².